The molecule has 22 valence electrons. The molecule has 4 heteroatoms. The Morgan fingerprint density at radius 3 is 1.25 bits per heavy atom. The molecule has 0 aliphatic heterocycles. The van der Waals surface area contributed by atoms with Crippen molar-refractivity contribution in [3.63, 3.8) is 0 Å². The first-order valence-electron chi connectivity index (χ1n) is 0.408. The quantitative estimate of drug-likeness (QED) is 0.400. The fourth-order valence-corrected chi connectivity index (χ4v) is 0. The molecule has 0 atom stereocenters. The van der Waals surface area contributed by atoms with Crippen LogP contribution in [0.2, 0.25) is 0 Å². The van der Waals surface area contributed by atoms with Crippen molar-refractivity contribution in [2.24, 2.45) is 0 Å². The van der Waals surface area contributed by atoms with Gasteiger partial charge in [0, 0.05) is 0 Å². The highest BCUT2D eigenvalue weighted by atomic mass is 28.3. The largest absolute Gasteiger partial charge is 0.458 e. The van der Waals surface area contributed by atoms with Crippen LogP contribution in [0.25, 0.3) is 0 Å². The van der Waals surface area contributed by atoms with E-state index in [2.05, 4.69) is 25.1 Å². The van der Waals surface area contributed by atoms with Crippen molar-refractivity contribution in [3.8, 4) is 0 Å². The van der Waals surface area contributed by atoms with Gasteiger partial charge in [-0.25, -0.2) is 0 Å². The second-order valence-electron chi connectivity index (χ2n) is 0.102. The van der Waals surface area contributed by atoms with Crippen LogP contribution in [0.3, 0.4) is 0 Å². The number of rotatable bonds is 0. The highest BCUT2D eigenvalue weighted by molar-refractivity contribution is 6.15. The standard InChI is InChI=1S/H3N.OSi2/c;2-1-3/h1H3;. The summed E-state index contributed by atoms with van der Waals surface area (Å²) < 4.78 is 3.86. The van der Waals surface area contributed by atoms with E-state index in [1.165, 1.54) is 0 Å². The molecule has 0 heterocycles. The molecule has 0 rings (SSSR count). The van der Waals surface area contributed by atoms with Crippen molar-refractivity contribution in [1.29, 1.82) is 0 Å². The minimum atomic E-state index is 0. The Labute approximate surface area is 32.2 Å². The fourth-order valence-electron chi connectivity index (χ4n) is 0. The first kappa shape index (κ1) is 8.84. The van der Waals surface area contributed by atoms with Crippen molar-refractivity contribution in [2.75, 3.05) is 0 Å². The third-order valence-electron chi connectivity index (χ3n) is 0. The highest BCUT2D eigenvalue weighted by Crippen LogP contribution is 1.20. The SMILES string of the molecule is N.[Si]O[Si]. The van der Waals surface area contributed by atoms with Gasteiger partial charge < -0.3 is 10.3 Å². The molecule has 0 aromatic heterocycles. The topological polar surface area (TPSA) is 44.2 Å². The van der Waals surface area contributed by atoms with Crippen LogP contribution < -0.4 is 6.15 Å². The molecular formula is H3NOSi2. The van der Waals surface area contributed by atoms with Crippen molar-refractivity contribution in [2.45, 2.75) is 0 Å². The molecule has 0 saturated carbocycles. The second kappa shape index (κ2) is 10.1. The summed E-state index contributed by atoms with van der Waals surface area (Å²) in [6.07, 6.45) is 0. The van der Waals surface area contributed by atoms with Crippen LogP contribution in [-0.4, -0.2) is 21.0 Å². The zero-order valence-electron chi connectivity index (χ0n) is 2.12. The highest BCUT2D eigenvalue weighted by Gasteiger charge is 1.34. The smallest absolute Gasteiger partial charge is 0.229 e. The molecule has 6 radical (unpaired) electrons. The Bertz CT molecular complexity index is 6.00. The van der Waals surface area contributed by atoms with Crippen LogP contribution in [0.15, 0.2) is 0 Å². The molecule has 3 N–H and O–H groups in total. The maximum atomic E-state index is 3.86. The molecule has 0 bridgehead atoms. The summed E-state index contributed by atoms with van der Waals surface area (Å²) in [5.41, 5.74) is 0. The zero-order valence-corrected chi connectivity index (χ0v) is 4.12. The monoisotopic (exact) mass is 89.0 g/mol. The maximum absolute atomic E-state index is 3.86. The van der Waals surface area contributed by atoms with Crippen LogP contribution in [0, 0.1) is 0 Å². The molecule has 4 heavy (non-hydrogen) atoms. The average Bonchev–Trinajstić information content (AvgIpc) is 0.918. The number of hydrogen-bond acceptors (Lipinski definition) is 2. The summed E-state index contributed by atoms with van der Waals surface area (Å²) in [4.78, 5) is 0. The first-order chi connectivity index (χ1) is 1.41. The average molecular weight is 89.2 g/mol. The van der Waals surface area contributed by atoms with Gasteiger partial charge in [-0.2, -0.15) is 0 Å². The van der Waals surface area contributed by atoms with Crippen molar-refractivity contribution in [1.82, 2.24) is 6.15 Å². The summed E-state index contributed by atoms with van der Waals surface area (Å²) in [5, 5.41) is 0. The fraction of sp³-hybridized carbons (Fsp3) is 0. The summed E-state index contributed by atoms with van der Waals surface area (Å²) in [6.45, 7) is 0. The van der Waals surface area contributed by atoms with E-state index in [1.54, 1.807) is 0 Å². The van der Waals surface area contributed by atoms with Gasteiger partial charge in [-0.15, -0.1) is 0 Å². The van der Waals surface area contributed by atoms with E-state index in [4.69, 9.17) is 0 Å². The van der Waals surface area contributed by atoms with Gasteiger partial charge in [0.05, 0.1) is 0 Å². The summed E-state index contributed by atoms with van der Waals surface area (Å²) in [6, 6.07) is 0. The van der Waals surface area contributed by atoms with Crippen LogP contribution >= 0.6 is 0 Å². The van der Waals surface area contributed by atoms with Crippen molar-refractivity contribution < 1.29 is 4.12 Å². The van der Waals surface area contributed by atoms with Gasteiger partial charge in [0.15, 0.2) is 0 Å². The van der Waals surface area contributed by atoms with Crippen LogP contribution in [-0.2, 0) is 4.12 Å². The van der Waals surface area contributed by atoms with Gasteiger partial charge in [-0.1, -0.05) is 0 Å². The molecule has 0 amide bonds. The third kappa shape index (κ3) is 34.5. The summed E-state index contributed by atoms with van der Waals surface area (Å²) in [7, 11) is 5.19. The predicted octanol–water partition coefficient (Wildman–Crippen LogP) is -0.668. The molecular weight excluding hydrogens is 86.2 g/mol. The minimum absolute atomic E-state index is 0. The third-order valence-corrected chi connectivity index (χ3v) is 0. The Kier molecular flexibility index (Phi) is 22.4. The van der Waals surface area contributed by atoms with Gasteiger partial charge in [0.25, 0.3) is 0 Å². The second-order valence-corrected chi connectivity index (χ2v) is 0.919. The van der Waals surface area contributed by atoms with Crippen LogP contribution in [0.5, 0.6) is 0 Å². The molecule has 0 spiro atoms. The molecule has 0 saturated heterocycles. The normalized spacial score (nSPS) is 4.50. The first-order valence-corrected chi connectivity index (χ1v) is 1.22. The van der Waals surface area contributed by atoms with Gasteiger partial charge >= 0.3 is 0 Å². The van der Waals surface area contributed by atoms with E-state index in [0.29, 0.717) is 0 Å². The van der Waals surface area contributed by atoms with E-state index >= 15 is 0 Å². The van der Waals surface area contributed by atoms with E-state index in [1.807, 2.05) is 0 Å². The van der Waals surface area contributed by atoms with E-state index < -0.39 is 0 Å². The van der Waals surface area contributed by atoms with Crippen molar-refractivity contribution in [3.05, 3.63) is 0 Å². The molecule has 0 aliphatic carbocycles. The summed E-state index contributed by atoms with van der Waals surface area (Å²) in [5.74, 6) is 0. The van der Waals surface area contributed by atoms with E-state index in [9.17, 15) is 0 Å². The van der Waals surface area contributed by atoms with Crippen molar-refractivity contribution >= 4 is 21.0 Å². The molecule has 0 unspecified atom stereocenters. The molecule has 0 fully saturated rings. The van der Waals surface area contributed by atoms with Gasteiger partial charge in [0.2, 0.25) is 21.0 Å². The molecule has 0 aliphatic rings. The summed E-state index contributed by atoms with van der Waals surface area (Å²) >= 11 is 0. The van der Waals surface area contributed by atoms with Gasteiger partial charge in [-0.05, 0) is 0 Å². The lowest BCUT2D eigenvalue weighted by atomic mass is 14.0. The van der Waals surface area contributed by atoms with Gasteiger partial charge in [-0.3, -0.25) is 0 Å². The molecule has 0 aromatic carbocycles. The predicted molar refractivity (Wildman–Crippen MR) is 17.6 cm³/mol. The van der Waals surface area contributed by atoms with Crippen LogP contribution in [0.4, 0.5) is 0 Å². The minimum Gasteiger partial charge on any atom is -0.458 e. The van der Waals surface area contributed by atoms with E-state index in [0.717, 1.165) is 0 Å². The lowest BCUT2D eigenvalue weighted by Crippen LogP contribution is -1.65. The molecule has 0 aromatic rings. The number of hydrogen-bond donors (Lipinski definition) is 1. The van der Waals surface area contributed by atoms with E-state index in [-0.39, 0.29) is 6.15 Å². The lowest BCUT2D eigenvalue weighted by Gasteiger charge is -1.57. The Balaban J connectivity index is 0. The Hall–Kier alpha value is 0.354. The molecule has 2 nitrogen and oxygen atoms in total. The maximum Gasteiger partial charge on any atom is 0.229 e. The Morgan fingerprint density at radius 2 is 1.25 bits per heavy atom. The van der Waals surface area contributed by atoms with Crippen LogP contribution in [0.1, 0.15) is 0 Å². The van der Waals surface area contributed by atoms with Gasteiger partial charge in [0.1, 0.15) is 0 Å². The lowest BCUT2D eigenvalue weighted by molar-refractivity contribution is 0.690. The zero-order chi connectivity index (χ0) is 2.71. The Morgan fingerprint density at radius 1 is 1.25 bits per heavy atom.